The lowest BCUT2D eigenvalue weighted by molar-refractivity contribution is 0.590. The molecule has 0 unspecified atom stereocenters. The van der Waals surface area contributed by atoms with Crippen LogP contribution in [-0.4, -0.2) is 9.97 Å². The van der Waals surface area contributed by atoms with E-state index in [1.165, 1.54) is 16.7 Å². The molecule has 6 aromatic carbocycles. The fourth-order valence-corrected chi connectivity index (χ4v) is 5.92. The van der Waals surface area contributed by atoms with Crippen molar-refractivity contribution < 1.29 is 8.83 Å². The van der Waals surface area contributed by atoms with Crippen LogP contribution in [0, 0.1) is 0 Å². The first kappa shape index (κ1) is 28.5. The minimum atomic E-state index is 0.116. The maximum absolute atomic E-state index is 6.27. The number of oxazole rings is 2. The van der Waals surface area contributed by atoms with E-state index in [2.05, 4.69) is 111 Å². The Labute approximate surface area is 273 Å². The number of anilines is 3. The molecule has 0 aliphatic carbocycles. The van der Waals surface area contributed by atoms with Crippen LogP contribution >= 0.6 is 0 Å². The molecule has 0 aliphatic heterocycles. The van der Waals surface area contributed by atoms with Gasteiger partial charge >= 0.3 is 0 Å². The summed E-state index contributed by atoms with van der Waals surface area (Å²) in [5, 5.41) is 0. The lowest BCUT2D eigenvalue weighted by Gasteiger charge is -2.25. The lowest BCUT2D eigenvalue weighted by atomic mass is 9.86. The zero-order valence-corrected chi connectivity index (χ0v) is 26.5. The molecule has 0 aliphatic rings. The maximum Gasteiger partial charge on any atom is 0.227 e. The highest BCUT2D eigenvalue weighted by Crippen LogP contribution is 2.39. The van der Waals surface area contributed by atoms with Gasteiger partial charge in [-0.1, -0.05) is 87.5 Å². The van der Waals surface area contributed by atoms with Crippen molar-refractivity contribution in [2.45, 2.75) is 26.2 Å². The summed E-state index contributed by atoms with van der Waals surface area (Å²) in [6.07, 6.45) is 0. The normalized spacial score (nSPS) is 11.7. The summed E-state index contributed by atoms with van der Waals surface area (Å²) in [5.74, 6) is 1.21. The number of rotatable bonds is 6. The zero-order valence-electron chi connectivity index (χ0n) is 26.5. The predicted molar refractivity (Wildman–Crippen MR) is 191 cm³/mol. The van der Waals surface area contributed by atoms with E-state index in [4.69, 9.17) is 18.8 Å². The molecule has 0 radical (unpaired) electrons. The second-order valence-corrected chi connectivity index (χ2v) is 12.8. The third-order valence-electron chi connectivity index (χ3n) is 8.53. The zero-order chi connectivity index (χ0) is 32.0. The van der Waals surface area contributed by atoms with E-state index in [0.717, 1.165) is 50.4 Å². The molecule has 0 spiro atoms. The van der Waals surface area contributed by atoms with Gasteiger partial charge in [-0.15, -0.1) is 0 Å². The Morgan fingerprint density at radius 2 is 0.936 bits per heavy atom. The van der Waals surface area contributed by atoms with Gasteiger partial charge in [-0.05, 0) is 94.9 Å². The van der Waals surface area contributed by atoms with Gasteiger partial charge in [-0.2, -0.15) is 0 Å². The van der Waals surface area contributed by atoms with Gasteiger partial charge < -0.3 is 13.7 Å². The van der Waals surface area contributed by atoms with Crippen molar-refractivity contribution in [2.75, 3.05) is 4.90 Å². The molecule has 8 aromatic rings. The molecule has 0 atom stereocenters. The molecule has 0 amide bonds. The standard InChI is InChI=1S/C42H33N3O2/c1-42(2,3)32-19-13-28(14-20-32)29-15-21-33(22-16-29)45(34-23-17-31(18-24-34)41-43-36-11-7-8-12-38(36)46-41)35-25-26-37-39(27-35)47-40(44-37)30-9-5-4-6-10-30/h4-27H,1-3H3. The van der Waals surface area contributed by atoms with Crippen LogP contribution in [0.25, 0.3) is 56.2 Å². The van der Waals surface area contributed by atoms with E-state index >= 15 is 0 Å². The molecule has 47 heavy (non-hydrogen) atoms. The average Bonchev–Trinajstić information content (AvgIpc) is 3.74. The highest BCUT2D eigenvalue weighted by atomic mass is 16.4. The first-order chi connectivity index (χ1) is 22.9. The third kappa shape index (κ3) is 5.57. The Kier molecular flexibility index (Phi) is 6.95. The molecule has 2 aromatic heterocycles. The van der Waals surface area contributed by atoms with Gasteiger partial charge in [-0.25, -0.2) is 9.97 Å². The van der Waals surface area contributed by atoms with Gasteiger partial charge in [0.05, 0.1) is 0 Å². The largest absolute Gasteiger partial charge is 0.436 e. The Morgan fingerprint density at radius 3 is 1.55 bits per heavy atom. The van der Waals surface area contributed by atoms with E-state index in [1.807, 2.05) is 60.7 Å². The molecule has 2 heterocycles. The van der Waals surface area contributed by atoms with Gasteiger partial charge in [0.15, 0.2) is 11.2 Å². The molecule has 0 saturated heterocycles. The summed E-state index contributed by atoms with van der Waals surface area (Å²) in [6.45, 7) is 6.72. The van der Waals surface area contributed by atoms with Crippen LogP contribution < -0.4 is 4.90 Å². The van der Waals surface area contributed by atoms with Crippen molar-refractivity contribution in [3.8, 4) is 34.0 Å². The Balaban J connectivity index is 1.18. The van der Waals surface area contributed by atoms with E-state index < -0.39 is 0 Å². The fraction of sp³-hybridized carbons (Fsp3) is 0.0952. The lowest BCUT2D eigenvalue weighted by Crippen LogP contribution is -2.10. The first-order valence-electron chi connectivity index (χ1n) is 15.8. The molecule has 0 N–H and O–H groups in total. The number of hydrogen-bond acceptors (Lipinski definition) is 5. The molecular weight excluding hydrogens is 578 g/mol. The van der Waals surface area contributed by atoms with Crippen LogP contribution in [0.5, 0.6) is 0 Å². The van der Waals surface area contributed by atoms with Crippen LogP contribution in [0.15, 0.2) is 154 Å². The Bertz CT molecular complexity index is 2280. The number of aromatic nitrogens is 2. The quantitative estimate of drug-likeness (QED) is 0.187. The topological polar surface area (TPSA) is 55.3 Å². The Hall–Kier alpha value is -5.94. The molecular formula is C42H33N3O2. The molecule has 5 nitrogen and oxygen atoms in total. The van der Waals surface area contributed by atoms with Gasteiger partial charge in [0.1, 0.15) is 11.0 Å². The van der Waals surface area contributed by atoms with Crippen LogP contribution in [0.3, 0.4) is 0 Å². The van der Waals surface area contributed by atoms with E-state index in [0.29, 0.717) is 11.8 Å². The van der Waals surface area contributed by atoms with Crippen molar-refractivity contribution in [3.63, 3.8) is 0 Å². The second kappa shape index (κ2) is 11.5. The summed E-state index contributed by atoms with van der Waals surface area (Å²) in [5.41, 5.74) is 11.8. The molecule has 5 heteroatoms. The van der Waals surface area contributed by atoms with Gasteiger partial charge in [-0.3, -0.25) is 0 Å². The maximum atomic E-state index is 6.27. The van der Waals surface area contributed by atoms with E-state index in [-0.39, 0.29) is 5.41 Å². The van der Waals surface area contributed by atoms with E-state index in [1.54, 1.807) is 0 Å². The number of benzene rings is 6. The van der Waals surface area contributed by atoms with Crippen molar-refractivity contribution in [2.24, 2.45) is 0 Å². The minimum absolute atomic E-state index is 0.116. The van der Waals surface area contributed by atoms with Crippen molar-refractivity contribution in [1.82, 2.24) is 9.97 Å². The summed E-state index contributed by atoms with van der Waals surface area (Å²) in [6, 6.07) is 49.9. The van der Waals surface area contributed by atoms with Crippen molar-refractivity contribution >= 4 is 39.3 Å². The molecule has 0 saturated carbocycles. The second-order valence-electron chi connectivity index (χ2n) is 12.8. The van der Waals surface area contributed by atoms with Crippen molar-refractivity contribution in [3.05, 3.63) is 151 Å². The number of nitrogens with zero attached hydrogens (tertiary/aromatic N) is 3. The van der Waals surface area contributed by atoms with Crippen LogP contribution in [0.4, 0.5) is 17.1 Å². The molecule has 0 fully saturated rings. The summed E-state index contributed by atoms with van der Waals surface area (Å²) < 4.78 is 12.3. The summed E-state index contributed by atoms with van der Waals surface area (Å²) in [7, 11) is 0. The highest BCUT2D eigenvalue weighted by molar-refractivity contribution is 5.86. The Morgan fingerprint density at radius 1 is 0.447 bits per heavy atom. The number of hydrogen-bond donors (Lipinski definition) is 0. The highest BCUT2D eigenvalue weighted by Gasteiger charge is 2.18. The van der Waals surface area contributed by atoms with E-state index in [9.17, 15) is 0 Å². The molecule has 228 valence electrons. The minimum Gasteiger partial charge on any atom is -0.436 e. The van der Waals surface area contributed by atoms with Crippen LogP contribution in [0.2, 0.25) is 0 Å². The fourth-order valence-electron chi connectivity index (χ4n) is 5.92. The monoisotopic (exact) mass is 611 g/mol. The third-order valence-corrected chi connectivity index (χ3v) is 8.53. The summed E-state index contributed by atoms with van der Waals surface area (Å²) >= 11 is 0. The predicted octanol–water partition coefficient (Wildman–Crippen LogP) is 11.7. The van der Waals surface area contributed by atoms with Gasteiger partial charge in [0.2, 0.25) is 11.8 Å². The molecule has 8 rings (SSSR count). The SMILES string of the molecule is CC(C)(C)c1ccc(-c2ccc(N(c3ccc(-c4nc5ccccc5o4)cc3)c3ccc4nc(-c5ccccc5)oc4c3)cc2)cc1. The number of fused-ring (bicyclic) bond motifs is 2. The first-order valence-corrected chi connectivity index (χ1v) is 15.8. The van der Waals surface area contributed by atoms with Crippen molar-refractivity contribution in [1.29, 1.82) is 0 Å². The smallest absolute Gasteiger partial charge is 0.227 e. The van der Waals surface area contributed by atoms with Gasteiger partial charge in [0, 0.05) is 34.3 Å². The number of para-hydroxylation sites is 2. The van der Waals surface area contributed by atoms with Crippen LogP contribution in [0.1, 0.15) is 26.3 Å². The average molecular weight is 612 g/mol. The van der Waals surface area contributed by atoms with Gasteiger partial charge in [0.25, 0.3) is 0 Å². The van der Waals surface area contributed by atoms with Crippen LogP contribution in [-0.2, 0) is 5.41 Å². The summed E-state index contributed by atoms with van der Waals surface area (Å²) in [4.78, 5) is 11.7. The molecule has 0 bridgehead atoms.